The van der Waals surface area contributed by atoms with Crippen LogP contribution < -0.4 is 4.90 Å². The van der Waals surface area contributed by atoms with E-state index in [2.05, 4.69) is 333 Å². The number of nitriles is 1. The van der Waals surface area contributed by atoms with E-state index < -0.39 is 0 Å². The number of anilines is 2. The molecule has 0 radical (unpaired) electrons. The van der Waals surface area contributed by atoms with E-state index in [4.69, 9.17) is 9.98 Å². The van der Waals surface area contributed by atoms with Crippen molar-refractivity contribution in [3.8, 4) is 73.1 Å². The second-order valence-electron chi connectivity index (χ2n) is 26.5. The first-order valence-corrected chi connectivity index (χ1v) is 31.5. The van der Waals surface area contributed by atoms with Crippen LogP contribution in [-0.2, 0) is 10.8 Å². The van der Waals surface area contributed by atoms with E-state index in [9.17, 15) is 5.26 Å². The lowest BCUT2D eigenvalue weighted by molar-refractivity contribution is 0.590. The summed E-state index contributed by atoms with van der Waals surface area (Å²) in [6.07, 6.45) is 0. The maximum Gasteiger partial charge on any atom is 0.220 e. The van der Waals surface area contributed by atoms with Gasteiger partial charge in [0.05, 0.1) is 61.6 Å². The third kappa shape index (κ3) is 8.54. The smallest absolute Gasteiger partial charge is 0.220 e. The van der Waals surface area contributed by atoms with Gasteiger partial charge in [-0.05, 0) is 181 Å². The molecular formula is C84H63N7. The van der Waals surface area contributed by atoms with Crippen LogP contribution in [0.3, 0.4) is 0 Å². The normalized spacial score (nSPS) is 13.7. The molecule has 0 saturated heterocycles. The van der Waals surface area contributed by atoms with Gasteiger partial charge in [0.15, 0.2) is 0 Å². The van der Waals surface area contributed by atoms with Gasteiger partial charge < -0.3 is 4.57 Å². The van der Waals surface area contributed by atoms with Crippen molar-refractivity contribution in [2.45, 2.75) is 58.3 Å². The summed E-state index contributed by atoms with van der Waals surface area (Å²) in [6.45, 7) is 13.7. The van der Waals surface area contributed by atoms with Crippen LogP contribution in [0.2, 0.25) is 0 Å². The van der Waals surface area contributed by atoms with Crippen LogP contribution in [-0.4, -0.2) is 24.4 Å². The number of amidine groups is 1. The van der Waals surface area contributed by atoms with Gasteiger partial charge in [-0.15, -0.1) is 0 Å². The molecule has 0 fully saturated rings. The van der Waals surface area contributed by atoms with Crippen molar-refractivity contribution in [3.05, 3.63) is 295 Å². The van der Waals surface area contributed by atoms with Crippen LogP contribution >= 0.6 is 0 Å². The number of para-hydroxylation sites is 2. The molecule has 1 unspecified atom stereocenters. The van der Waals surface area contributed by atoms with Crippen molar-refractivity contribution in [2.24, 2.45) is 4.99 Å². The molecule has 0 bridgehead atoms. The fraction of sp³-hybridized carbons (Fsp3) is 0.107. The van der Waals surface area contributed by atoms with Gasteiger partial charge in [0.1, 0.15) is 11.9 Å². The van der Waals surface area contributed by atoms with E-state index in [1.165, 1.54) is 21.9 Å². The molecule has 0 N–H and O–H groups in total. The van der Waals surface area contributed by atoms with Gasteiger partial charge in [-0.25, -0.2) is 9.98 Å². The number of aliphatic imine (C=N–C) groups is 1. The molecule has 7 nitrogen and oxygen atoms in total. The first-order chi connectivity index (χ1) is 44.4. The number of benzene rings is 12. The summed E-state index contributed by atoms with van der Waals surface area (Å²) < 4.78 is 7.04. The minimum Gasteiger partial charge on any atom is -0.309 e. The topological polar surface area (TPSA) is 66.6 Å². The Kier molecular flexibility index (Phi) is 12.1. The second-order valence-corrected chi connectivity index (χ2v) is 26.5. The van der Waals surface area contributed by atoms with Gasteiger partial charge in [0.25, 0.3) is 0 Å². The maximum atomic E-state index is 12.7. The Bertz CT molecular complexity index is 5460. The lowest BCUT2D eigenvalue weighted by Gasteiger charge is -2.24. The molecule has 0 aliphatic carbocycles. The number of hydrogen-bond donors (Lipinski definition) is 0. The first-order valence-electron chi connectivity index (χ1n) is 31.5. The summed E-state index contributed by atoms with van der Waals surface area (Å²) in [5.74, 6) is 1.61. The molecular weight excluding hydrogens is 1110 g/mol. The van der Waals surface area contributed by atoms with Gasteiger partial charge in [-0.1, -0.05) is 205 Å². The zero-order chi connectivity index (χ0) is 61.4. The summed E-state index contributed by atoms with van der Waals surface area (Å²) in [5.41, 5.74) is 26.3. The highest BCUT2D eigenvalue weighted by atomic mass is 15.2. The summed E-state index contributed by atoms with van der Waals surface area (Å²) >= 11 is 0. The maximum absolute atomic E-state index is 12.7. The highest BCUT2D eigenvalue weighted by Gasteiger charge is 2.43. The molecule has 7 heteroatoms. The van der Waals surface area contributed by atoms with Crippen LogP contribution in [0.15, 0.2) is 272 Å². The van der Waals surface area contributed by atoms with Gasteiger partial charge in [-0.3, -0.25) is 13.9 Å². The van der Waals surface area contributed by atoms with Crippen LogP contribution in [0, 0.1) is 11.3 Å². The zero-order valence-corrected chi connectivity index (χ0v) is 51.6. The van der Waals surface area contributed by atoms with E-state index in [0.29, 0.717) is 5.56 Å². The van der Waals surface area contributed by atoms with E-state index in [1.54, 1.807) is 0 Å². The minimum absolute atomic E-state index is 0.104. The molecule has 3 aromatic heterocycles. The van der Waals surface area contributed by atoms with E-state index in [0.717, 1.165) is 140 Å². The molecule has 17 rings (SSSR count). The van der Waals surface area contributed by atoms with Crippen molar-refractivity contribution < 1.29 is 0 Å². The summed E-state index contributed by atoms with van der Waals surface area (Å²) in [6, 6.07) is 99.4. The van der Waals surface area contributed by atoms with Crippen molar-refractivity contribution in [2.75, 3.05) is 4.90 Å². The highest BCUT2D eigenvalue weighted by molar-refractivity contribution is 6.19. The Morgan fingerprint density at radius 2 is 0.912 bits per heavy atom. The molecule has 0 amide bonds. The average Bonchev–Trinajstić information content (AvgIpc) is 1.61. The summed E-state index contributed by atoms with van der Waals surface area (Å²) in [4.78, 5) is 13.3. The molecule has 2 aliphatic rings. The van der Waals surface area contributed by atoms with Crippen LogP contribution in [0.25, 0.3) is 117 Å². The van der Waals surface area contributed by atoms with Gasteiger partial charge in [0.2, 0.25) is 5.78 Å². The zero-order valence-electron chi connectivity index (χ0n) is 51.6. The Labute approximate surface area is 529 Å². The largest absolute Gasteiger partial charge is 0.309 e. The monoisotopic (exact) mass is 1170 g/mol. The molecule has 5 heterocycles. The van der Waals surface area contributed by atoms with Crippen LogP contribution in [0.1, 0.15) is 75.3 Å². The number of imidazole rings is 2. The van der Waals surface area contributed by atoms with Gasteiger partial charge in [-0.2, -0.15) is 5.26 Å². The lowest BCUT2D eigenvalue weighted by Crippen LogP contribution is -2.22. The lowest BCUT2D eigenvalue weighted by atomic mass is 9.83. The van der Waals surface area contributed by atoms with Gasteiger partial charge >= 0.3 is 0 Å². The van der Waals surface area contributed by atoms with E-state index in [-0.39, 0.29) is 16.7 Å². The Hall–Kier alpha value is -11.3. The van der Waals surface area contributed by atoms with Crippen molar-refractivity contribution in [3.63, 3.8) is 0 Å². The molecule has 2 aliphatic heterocycles. The Balaban J connectivity index is 0.991. The Morgan fingerprint density at radius 1 is 0.396 bits per heavy atom. The number of nitrogens with zero attached hydrogens (tertiary/aromatic N) is 7. The van der Waals surface area contributed by atoms with E-state index >= 15 is 0 Å². The average molecular weight is 1170 g/mol. The molecule has 1 atom stereocenters. The fourth-order valence-electron chi connectivity index (χ4n) is 14.5. The minimum atomic E-state index is -0.169. The third-order valence-corrected chi connectivity index (χ3v) is 19.0. The molecule has 12 aromatic carbocycles. The quantitative estimate of drug-likeness (QED) is 0.152. The Morgan fingerprint density at radius 3 is 1.53 bits per heavy atom. The third-order valence-electron chi connectivity index (χ3n) is 19.0. The van der Waals surface area contributed by atoms with Crippen LogP contribution in [0.4, 0.5) is 17.1 Å². The molecule has 91 heavy (non-hydrogen) atoms. The second kappa shape index (κ2) is 20.4. The summed E-state index contributed by atoms with van der Waals surface area (Å²) in [7, 11) is 0. The predicted octanol–water partition coefficient (Wildman–Crippen LogP) is 21.7. The molecule has 0 saturated carbocycles. The summed E-state index contributed by atoms with van der Waals surface area (Å²) in [5, 5.41) is 15.0. The predicted molar refractivity (Wildman–Crippen MR) is 377 cm³/mol. The number of hydrogen-bond acceptors (Lipinski definition) is 4. The highest BCUT2D eigenvalue weighted by Crippen LogP contribution is 2.55. The van der Waals surface area contributed by atoms with Crippen molar-refractivity contribution in [1.29, 1.82) is 5.26 Å². The standard InChI is InChI=1S/C84H63N7/c1-83(2,3)59-36-42-71-64(48-59)65-49-60(84(4,5)6)37-43-72(65)90(71)77-50-63(54-26-16-9-17-27-54)78(57-34-40-73-67(45-57)80-66-44-55(52-22-12-7-13-23-52)32-38-69(66)86-81(80)88(73)61-28-18-10-19-29-61)68(51-85)79(77)58-35-41-74-76(47-58)91-75-46-56(53-24-14-8-15-25-53)33-39-70(75)87-82(91)89(74)62-30-20-11-21-31-62/h7-50,80H,1-6H3. The van der Waals surface area contributed by atoms with Gasteiger partial charge in [0, 0.05) is 33.3 Å². The van der Waals surface area contributed by atoms with E-state index in [1.807, 2.05) is 0 Å². The number of fused-ring (bicyclic) bond motifs is 13. The number of aromatic nitrogens is 4. The SMILES string of the molecule is CC(C)(C)c1ccc2c(c1)c1cc(C(C)(C)C)ccc1n2-c1cc(-c2ccccc2)c(-c2ccc3c(c2)C2C(=Nc4ccc(-c5ccccc5)cc42)N3c2ccccc2)c(C#N)c1-c1ccc2c(c1)n1c3cc(-c4ccccc4)ccc3nc1n2-c1ccccc1. The molecule has 0 spiro atoms. The number of rotatable bonds is 8. The first kappa shape index (κ1) is 53.9. The fourth-order valence-corrected chi connectivity index (χ4v) is 14.5. The van der Waals surface area contributed by atoms with Crippen molar-refractivity contribution in [1.82, 2.24) is 18.5 Å². The van der Waals surface area contributed by atoms with Crippen LogP contribution in [0.5, 0.6) is 0 Å². The molecule has 15 aromatic rings. The molecule has 434 valence electrons. The van der Waals surface area contributed by atoms with Crippen molar-refractivity contribution >= 4 is 72.5 Å².